The summed E-state index contributed by atoms with van der Waals surface area (Å²) in [6.07, 6.45) is 0.672. The normalized spacial score (nSPS) is 11.7. The molecule has 0 aliphatic heterocycles. The van der Waals surface area contributed by atoms with Crippen LogP contribution in [0.15, 0.2) is 36.4 Å². The molecular weight excluding hydrogens is 406 g/mol. The van der Waals surface area contributed by atoms with Crippen LogP contribution in [0.2, 0.25) is 0 Å². The molecule has 148 valence electrons. The highest BCUT2D eigenvalue weighted by atomic mass is 19.1. The zero-order valence-corrected chi connectivity index (χ0v) is 16.4. The third-order valence-electron chi connectivity index (χ3n) is 6.03. The average molecular weight is 416 g/mol. The van der Waals surface area contributed by atoms with E-state index in [0.717, 1.165) is 11.1 Å². The van der Waals surface area contributed by atoms with Crippen LogP contribution in [-0.2, 0) is 12.8 Å². The van der Waals surface area contributed by atoms with Gasteiger partial charge in [0.25, 0.3) is 11.4 Å². The zero-order valence-electron chi connectivity index (χ0n) is 16.4. The summed E-state index contributed by atoms with van der Waals surface area (Å²) in [5, 5.41) is 20.2. The van der Waals surface area contributed by atoms with Gasteiger partial charge < -0.3 is 0 Å². The zero-order chi connectivity index (χ0) is 22.6. The Bertz CT molecular complexity index is 1570. The molecule has 0 radical (unpaired) electrons. The lowest BCUT2D eigenvalue weighted by atomic mass is 9.90. The van der Waals surface area contributed by atoms with Gasteiger partial charge in [0.05, 0.1) is 25.3 Å². The van der Waals surface area contributed by atoms with E-state index in [9.17, 15) is 19.3 Å². The summed E-state index contributed by atoms with van der Waals surface area (Å²) in [6.45, 7) is 15.2. The Labute approximate surface area is 181 Å². The minimum atomic E-state index is -0.480. The van der Waals surface area contributed by atoms with E-state index in [4.69, 9.17) is 13.1 Å². The van der Waals surface area contributed by atoms with Crippen molar-refractivity contribution in [3.63, 3.8) is 0 Å². The first-order valence-electron chi connectivity index (χ1n) is 9.61. The van der Waals surface area contributed by atoms with Crippen LogP contribution in [0.1, 0.15) is 22.3 Å². The van der Waals surface area contributed by atoms with Crippen molar-refractivity contribution >= 4 is 11.4 Å². The first-order chi connectivity index (χ1) is 15.5. The quantitative estimate of drug-likeness (QED) is 0.355. The molecule has 2 aliphatic carbocycles. The largest absolute Gasteiger partial charge is 0.270 e. The van der Waals surface area contributed by atoms with E-state index in [1.54, 1.807) is 12.1 Å². The summed E-state index contributed by atoms with van der Waals surface area (Å²) < 4.78 is 28.4. The fourth-order valence-electron chi connectivity index (χ4n) is 4.86. The van der Waals surface area contributed by atoms with Crippen molar-refractivity contribution in [1.29, 1.82) is 10.5 Å². The molecule has 3 aromatic rings. The van der Waals surface area contributed by atoms with Crippen LogP contribution < -0.4 is 10.4 Å². The van der Waals surface area contributed by atoms with E-state index in [1.165, 1.54) is 24.3 Å². The molecule has 0 aromatic heterocycles. The molecule has 32 heavy (non-hydrogen) atoms. The van der Waals surface area contributed by atoms with Gasteiger partial charge in [-0.15, -0.1) is 0 Å². The Hall–Kier alpha value is -4.78. The van der Waals surface area contributed by atoms with E-state index in [1.807, 2.05) is 12.1 Å². The molecule has 0 spiro atoms. The minimum Gasteiger partial charge on any atom is -0.226 e. The third kappa shape index (κ3) is 2.48. The van der Waals surface area contributed by atoms with Crippen molar-refractivity contribution < 1.29 is 8.78 Å². The molecule has 0 saturated carbocycles. The predicted molar refractivity (Wildman–Crippen MR) is 113 cm³/mol. The molecule has 0 atom stereocenters. The Morgan fingerprint density at radius 1 is 0.750 bits per heavy atom. The van der Waals surface area contributed by atoms with Gasteiger partial charge in [-0.05, 0) is 86.8 Å². The van der Waals surface area contributed by atoms with E-state index in [0.29, 0.717) is 56.7 Å². The number of fused-ring (bicyclic) bond motifs is 6. The fraction of sp³-hybridized carbons (Fsp3) is 0.0769. The molecule has 0 heterocycles. The molecule has 0 bridgehead atoms. The number of rotatable bonds is 0. The van der Waals surface area contributed by atoms with E-state index < -0.39 is 11.6 Å². The molecule has 0 unspecified atom stereocenters. The van der Waals surface area contributed by atoms with Gasteiger partial charge in [0.15, 0.2) is 0 Å². The first kappa shape index (κ1) is 19.2. The van der Waals surface area contributed by atoms with Gasteiger partial charge in [-0.1, -0.05) is 12.1 Å². The summed E-state index contributed by atoms with van der Waals surface area (Å²) in [5.41, 5.74) is 4.45. The lowest BCUT2D eigenvalue weighted by molar-refractivity contribution is 0.627. The number of hydrogen-bond donors (Lipinski definition) is 0. The number of nitrogens with zero attached hydrogens (tertiary/aromatic N) is 4. The van der Waals surface area contributed by atoms with Crippen LogP contribution in [0.4, 0.5) is 8.78 Å². The molecule has 5 rings (SSSR count). The maximum absolute atomic E-state index is 14.2. The van der Waals surface area contributed by atoms with Crippen LogP contribution in [-0.4, -0.2) is 0 Å². The molecule has 4 nitrogen and oxygen atoms in total. The average Bonchev–Trinajstić information content (AvgIpc) is 3.34. The van der Waals surface area contributed by atoms with E-state index >= 15 is 0 Å². The van der Waals surface area contributed by atoms with Gasteiger partial charge in [0, 0.05) is 5.22 Å². The first-order valence-corrected chi connectivity index (χ1v) is 9.61. The van der Waals surface area contributed by atoms with Crippen molar-refractivity contribution in [3.05, 3.63) is 104 Å². The minimum absolute atomic E-state index is 0.119. The molecule has 0 fully saturated rings. The summed E-state index contributed by atoms with van der Waals surface area (Å²) in [7, 11) is 0. The number of nitriles is 2. The van der Waals surface area contributed by atoms with Crippen molar-refractivity contribution in [2.45, 2.75) is 12.8 Å². The molecule has 0 N–H and O–H groups in total. The van der Waals surface area contributed by atoms with Crippen molar-refractivity contribution in [2.75, 3.05) is 0 Å². The third-order valence-corrected chi connectivity index (χ3v) is 6.03. The van der Waals surface area contributed by atoms with Crippen molar-refractivity contribution in [1.82, 2.24) is 0 Å². The maximum atomic E-state index is 14.2. The van der Waals surface area contributed by atoms with E-state index in [-0.39, 0.29) is 11.4 Å². The molecule has 6 heteroatoms. The van der Waals surface area contributed by atoms with Gasteiger partial charge >= 0.3 is 0 Å². The lowest BCUT2D eigenvalue weighted by Crippen LogP contribution is -2.25. The fourth-order valence-corrected chi connectivity index (χ4v) is 4.86. The van der Waals surface area contributed by atoms with Gasteiger partial charge in [-0.2, -0.15) is 0 Å². The standard InChI is InChI=1S/C26H10F2N4/c1-31-21(11-29)23-19-7-13-3-5-15(27)9-17(13)24(19)26(22(12-30)32-2)25-18-10-16(28)6-4-14(18)8-20(23)25/h3-6,9-10H,7-8H2. The van der Waals surface area contributed by atoms with Gasteiger partial charge in [-0.3, -0.25) is 0 Å². The highest BCUT2D eigenvalue weighted by Crippen LogP contribution is 2.40. The van der Waals surface area contributed by atoms with E-state index in [2.05, 4.69) is 9.69 Å². The maximum Gasteiger partial charge on any atom is 0.270 e. The molecule has 3 aromatic carbocycles. The molecular formula is C26H10F2N4. The highest BCUT2D eigenvalue weighted by Gasteiger charge is 2.32. The van der Waals surface area contributed by atoms with Crippen LogP contribution >= 0.6 is 0 Å². The molecule has 0 amide bonds. The van der Waals surface area contributed by atoms with Gasteiger partial charge in [0.1, 0.15) is 11.6 Å². The predicted octanol–water partition coefficient (Wildman–Crippen LogP) is 4.21. The SMILES string of the molecule is [C-]#[N+]C(C#N)=c1c2c(c(=C(C#N)[N+]#[C-])c3c1Cc1ccc(F)cc1-3)-c1cc(F)ccc1C2. The summed E-state index contributed by atoms with van der Waals surface area (Å²) in [6, 6.07) is 12.5. The summed E-state index contributed by atoms with van der Waals surface area (Å²) >= 11 is 0. The Kier molecular flexibility index (Phi) is 4.13. The number of benzene rings is 3. The van der Waals surface area contributed by atoms with Crippen molar-refractivity contribution in [2.24, 2.45) is 0 Å². The monoisotopic (exact) mass is 416 g/mol. The van der Waals surface area contributed by atoms with Crippen LogP contribution in [0.5, 0.6) is 0 Å². The van der Waals surface area contributed by atoms with Gasteiger partial charge in [-0.25, -0.2) is 29.0 Å². The second-order valence-corrected chi connectivity index (χ2v) is 7.56. The summed E-state index contributed by atoms with van der Waals surface area (Å²) in [4.78, 5) is 6.86. The second-order valence-electron chi connectivity index (χ2n) is 7.56. The number of hydrogen-bond acceptors (Lipinski definition) is 2. The molecule has 2 aliphatic rings. The summed E-state index contributed by atoms with van der Waals surface area (Å²) in [5.74, 6) is -0.959. The Morgan fingerprint density at radius 2 is 1.19 bits per heavy atom. The van der Waals surface area contributed by atoms with Crippen LogP contribution in [0, 0.1) is 47.4 Å². The lowest BCUT2D eigenvalue weighted by Gasteiger charge is -2.13. The highest BCUT2D eigenvalue weighted by molar-refractivity contribution is 5.93. The topological polar surface area (TPSA) is 56.3 Å². The number of halogens is 2. The smallest absolute Gasteiger partial charge is 0.226 e. The van der Waals surface area contributed by atoms with Crippen LogP contribution in [0.25, 0.3) is 43.3 Å². The Balaban J connectivity index is 2.16. The Morgan fingerprint density at radius 3 is 1.59 bits per heavy atom. The second kappa shape index (κ2) is 6.88. The van der Waals surface area contributed by atoms with Crippen LogP contribution in [0.3, 0.4) is 0 Å². The van der Waals surface area contributed by atoms with Gasteiger partial charge in [0.2, 0.25) is 0 Å². The molecule has 0 saturated heterocycles. The van der Waals surface area contributed by atoms with Crippen molar-refractivity contribution in [3.8, 4) is 34.4 Å².